The summed E-state index contributed by atoms with van der Waals surface area (Å²) in [7, 11) is 0. The number of amides is 1. The van der Waals surface area contributed by atoms with E-state index < -0.39 is 0 Å². The van der Waals surface area contributed by atoms with Crippen LogP contribution in [-0.2, 0) is 4.79 Å². The summed E-state index contributed by atoms with van der Waals surface area (Å²) in [6.07, 6.45) is 2.18. The molecule has 0 bridgehead atoms. The average Bonchev–Trinajstić information content (AvgIpc) is 1.98. The predicted molar refractivity (Wildman–Crippen MR) is 47.3 cm³/mol. The van der Waals surface area contributed by atoms with Gasteiger partial charge in [0.25, 0.3) is 0 Å². The lowest BCUT2D eigenvalue weighted by atomic mass is 10.2. The molecule has 0 heterocycles. The van der Waals surface area contributed by atoms with E-state index >= 15 is 0 Å². The maximum absolute atomic E-state index is 11.0. The Kier molecular flexibility index (Phi) is 4.72. The zero-order chi connectivity index (χ0) is 8.85. The second-order valence-corrected chi connectivity index (χ2v) is 2.62. The Balaban J connectivity index is 3.74. The average molecular weight is 175 g/mol. The van der Waals surface area contributed by atoms with E-state index in [-0.39, 0.29) is 11.0 Å². The highest BCUT2D eigenvalue weighted by Crippen LogP contribution is 1.96. The zero-order valence-corrected chi connectivity index (χ0v) is 7.36. The molecular formula is C6H13N3OS. The molecule has 0 saturated heterocycles. The summed E-state index contributed by atoms with van der Waals surface area (Å²) in [5, 5.41) is 0.733. The Morgan fingerprint density at radius 1 is 1.64 bits per heavy atom. The van der Waals surface area contributed by atoms with Crippen LogP contribution in [0.2, 0.25) is 0 Å². The first-order chi connectivity index (χ1) is 5.09. The van der Waals surface area contributed by atoms with Crippen molar-refractivity contribution in [1.29, 1.82) is 0 Å². The Morgan fingerprint density at radius 2 is 2.18 bits per heavy atom. The zero-order valence-electron chi connectivity index (χ0n) is 6.54. The van der Waals surface area contributed by atoms with Crippen LogP contribution in [0.3, 0.4) is 0 Å². The van der Waals surface area contributed by atoms with E-state index in [0.717, 1.165) is 17.9 Å². The Morgan fingerprint density at radius 3 is 2.55 bits per heavy atom. The third-order valence-corrected chi connectivity index (χ3v) is 1.45. The molecule has 0 unspecified atom stereocenters. The molecule has 1 amide bonds. The first kappa shape index (κ1) is 10.3. The van der Waals surface area contributed by atoms with Crippen LogP contribution in [0, 0.1) is 0 Å². The van der Waals surface area contributed by atoms with E-state index in [2.05, 4.69) is 12.2 Å². The molecule has 4 N–H and O–H groups in total. The largest absolute Gasteiger partial charge is 0.375 e. The van der Waals surface area contributed by atoms with Crippen molar-refractivity contribution in [2.24, 2.45) is 11.6 Å². The number of thiocarbonyl (C=S) groups is 1. The van der Waals surface area contributed by atoms with Gasteiger partial charge in [0, 0.05) is 6.42 Å². The summed E-state index contributed by atoms with van der Waals surface area (Å²) < 4.78 is 0. The van der Waals surface area contributed by atoms with Gasteiger partial charge in [-0.05, 0) is 18.6 Å². The highest BCUT2D eigenvalue weighted by molar-refractivity contribution is 7.80. The van der Waals surface area contributed by atoms with Crippen molar-refractivity contribution < 1.29 is 4.79 Å². The van der Waals surface area contributed by atoms with Gasteiger partial charge in [0.15, 0.2) is 5.11 Å². The van der Waals surface area contributed by atoms with Gasteiger partial charge in [0.2, 0.25) is 5.91 Å². The summed E-state index contributed by atoms with van der Waals surface area (Å²) in [6, 6.07) is 0. The van der Waals surface area contributed by atoms with Crippen LogP contribution in [0.4, 0.5) is 0 Å². The molecule has 0 spiro atoms. The van der Waals surface area contributed by atoms with Gasteiger partial charge >= 0.3 is 0 Å². The molecule has 5 heteroatoms. The van der Waals surface area contributed by atoms with E-state index in [1.54, 1.807) is 0 Å². The number of carbonyl (C=O) groups excluding carboxylic acids is 1. The van der Waals surface area contributed by atoms with Crippen LogP contribution in [0.25, 0.3) is 0 Å². The molecule has 0 aliphatic rings. The molecule has 0 aromatic carbocycles. The van der Waals surface area contributed by atoms with Gasteiger partial charge in [-0.15, -0.1) is 0 Å². The summed E-state index contributed by atoms with van der Waals surface area (Å²) in [5.41, 5.74) is 5.12. The smallest absolute Gasteiger partial charge is 0.243 e. The molecular weight excluding hydrogens is 162 g/mol. The number of hydrogen-bond donors (Lipinski definition) is 2. The van der Waals surface area contributed by atoms with E-state index in [4.69, 9.17) is 11.6 Å². The molecule has 0 saturated carbocycles. The number of unbranched alkanes of at least 4 members (excludes halogenated alkanes) is 1. The second-order valence-electron chi connectivity index (χ2n) is 2.21. The number of nitrogens with two attached hydrogens (primary N) is 2. The Hall–Kier alpha value is -0.680. The molecule has 0 radical (unpaired) electrons. The molecule has 0 aliphatic heterocycles. The van der Waals surface area contributed by atoms with Crippen molar-refractivity contribution in [1.82, 2.24) is 5.01 Å². The predicted octanol–water partition coefficient (Wildman–Crippen LogP) is 0.123. The second kappa shape index (κ2) is 5.03. The fourth-order valence-corrected chi connectivity index (χ4v) is 0.673. The van der Waals surface area contributed by atoms with Crippen LogP contribution in [-0.4, -0.2) is 16.0 Å². The normalized spacial score (nSPS) is 9.27. The fourth-order valence-electron chi connectivity index (χ4n) is 0.571. The van der Waals surface area contributed by atoms with Crippen molar-refractivity contribution >= 4 is 23.2 Å². The van der Waals surface area contributed by atoms with Crippen LogP contribution >= 0.6 is 12.2 Å². The number of hydrazine groups is 1. The molecule has 0 fully saturated rings. The first-order valence-corrected chi connectivity index (χ1v) is 3.87. The quantitative estimate of drug-likeness (QED) is 0.277. The lowest BCUT2D eigenvalue weighted by molar-refractivity contribution is -0.127. The van der Waals surface area contributed by atoms with Crippen molar-refractivity contribution in [3.8, 4) is 0 Å². The van der Waals surface area contributed by atoms with E-state index in [1.807, 2.05) is 6.92 Å². The molecule has 0 aromatic rings. The number of carbonyl (C=O) groups is 1. The number of rotatable bonds is 3. The highest BCUT2D eigenvalue weighted by atomic mass is 32.1. The van der Waals surface area contributed by atoms with Crippen molar-refractivity contribution in [2.75, 3.05) is 0 Å². The number of nitrogens with zero attached hydrogens (tertiary/aromatic N) is 1. The molecule has 0 rings (SSSR count). The van der Waals surface area contributed by atoms with E-state index in [9.17, 15) is 4.79 Å². The fraction of sp³-hybridized carbons (Fsp3) is 0.667. The van der Waals surface area contributed by atoms with Gasteiger partial charge in [-0.1, -0.05) is 13.3 Å². The molecule has 0 atom stereocenters. The van der Waals surface area contributed by atoms with Crippen molar-refractivity contribution in [3.63, 3.8) is 0 Å². The third-order valence-electron chi connectivity index (χ3n) is 1.25. The van der Waals surface area contributed by atoms with Gasteiger partial charge in [-0.2, -0.15) is 0 Å². The number of hydrogen-bond acceptors (Lipinski definition) is 3. The van der Waals surface area contributed by atoms with Gasteiger partial charge in [0.1, 0.15) is 0 Å². The minimum Gasteiger partial charge on any atom is -0.375 e. The standard InChI is InChI=1S/C6H13N3OS/c1-2-3-4-5(10)9(8)6(7)11/h2-4,8H2,1H3,(H2,7,11). The Bertz CT molecular complexity index is 160. The van der Waals surface area contributed by atoms with Crippen LogP contribution in [0.5, 0.6) is 0 Å². The van der Waals surface area contributed by atoms with Gasteiger partial charge in [-0.25, -0.2) is 10.9 Å². The van der Waals surface area contributed by atoms with E-state index in [1.165, 1.54) is 0 Å². The summed E-state index contributed by atoms with van der Waals surface area (Å²) in [5.74, 6) is 5.00. The summed E-state index contributed by atoms with van der Waals surface area (Å²) >= 11 is 4.50. The molecule has 0 aromatic heterocycles. The molecule has 11 heavy (non-hydrogen) atoms. The van der Waals surface area contributed by atoms with Gasteiger partial charge < -0.3 is 5.73 Å². The minimum absolute atomic E-state index is 0.0777. The first-order valence-electron chi connectivity index (χ1n) is 3.46. The van der Waals surface area contributed by atoms with Crippen LogP contribution in [0.15, 0.2) is 0 Å². The monoisotopic (exact) mass is 175 g/mol. The summed E-state index contributed by atoms with van der Waals surface area (Å²) in [6.45, 7) is 1.99. The third kappa shape index (κ3) is 3.90. The SMILES string of the molecule is CCCCC(=O)N(N)C(N)=S. The van der Waals surface area contributed by atoms with Crippen LogP contribution in [0.1, 0.15) is 26.2 Å². The molecule has 64 valence electrons. The highest BCUT2D eigenvalue weighted by Gasteiger charge is 2.09. The lowest BCUT2D eigenvalue weighted by Crippen LogP contribution is -2.45. The van der Waals surface area contributed by atoms with Crippen LogP contribution < -0.4 is 11.6 Å². The summed E-state index contributed by atoms with van der Waals surface area (Å²) in [4.78, 5) is 11.0. The maximum Gasteiger partial charge on any atom is 0.243 e. The minimum atomic E-state index is -0.223. The lowest BCUT2D eigenvalue weighted by Gasteiger charge is -2.12. The van der Waals surface area contributed by atoms with Crippen molar-refractivity contribution in [3.05, 3.63) is 0 Å². The molecule has 4 nitrogen and oxygen atoms in total. The van der Waals surface area contributed by atoms with Gasteiger partial charge in [0.05, 0.1) is 0 Å². The topological polar surface area (TPSA) is 72.3 Å². The Labute approximate surface area is 71.5 Å². The van der Waals surface area contributed by atoms with Gasteiger partial charge in [-0.3, -0.25) is 4.79 Å². The maximum atomic E-state index is 11.0. The molecule has 0 aliphatic carbocycles. The van der Waals surface area contributed by atoms with E-state index in [0.29, 0.717) is 6.42 Å². The van der Waals surface area contributed by atoms with Crippen molar-refractivity contribution in [2.45, 2.75) is 26.2 Å².